The summed E-state index contributed by atoms with van der Waals surface area (Å²) in [6.07, 6.45) is 20.1. The minimum Gasteiger partial charge on any atom is -0.425 e. The van der Waals surface area contributed by atoms with Crippen LogP contribution in [0.1, 0.15) is 104 Å². The highest BCUT2D eigenvalue weighted by atomic mass is 28.2. The van der Waals surface area contributed by atoms with Gasteiger partial charge in [-0.2, -0.15) is 0 Å². The first-order valence-corrected chi connectivity index (χ1v) is 9.69. The predicted molar refractivity (Wildman–Crippen MR) is 90.8 cm³/mol. The Morgan fingerprint density at radius 2 is 1.05 bits per heavy atom. The van der Waals surface area contributed by atoms with Crippen molar-refractivity contribution in [2.75, 3.05) is 0 Å². The summed E-state index contributed by atoms with van der Waals surface area (Å²) in [5.41, 5.74) is 0. The molecule has 0 rings (SSSR count). The highest BCUT2D eigenvalue weighted by molar-refractivity contribution is 5.98. The average Bonchev–Trinajstić information content (AvgIpc) is 2.44. The lowest BCUT2D eigenvalue weighted by Gasteiger charge is -2.15. The van der Waals surface area contributed by atoms with Crippen molar-refractivity contribution >= 4 is 10.5 Å². The molecule has 0 radical (unpaired) electrons. The van der Waals surface area contributed by atoms with Gasteiger partial charge in [0.2, 0.25) is 0 Å². The summed E-state index contributed by atoms with van der Waals surface area (Å²) in [7, 11) is 0.910. The molecule has 1 atom stereocenters. The van der Waals surface area contributed by atoms with E-state index in [9.17, 15) is 0 Å². The Labute approximate surface area is 125 Å². The highest BCUT2D eigenvalue weighted by Gasteiger charge is 2.05. The van der Waals surface area contributed by atoms with Gasteiger partial charge in [0.25, 0.3) is 0 Å². The molecule has 0 aromatic carbocycles. The van der Waals surface area contributed by atoms with Gasteiger partial charge in [0.15, 0.2) is 0 Å². The minimum atomic E-state index is 0.584. The lowest BCUT2D eigenvalue weighted by Crippen LogP contribution is -2.10. The molecule has 0 aliphatic carbocycles. The lowest BCUT2D eigenvalue weighted by molar-refractivity contribution is 0.190. The van der Waals surface area contributed by atoms with Crippen LogP contribution < -0.4 is 0 Å². The molecule has 2 heteroatoms. The van der Waals surface area contributed by atoms with Gasteiger partial charge >= 0.3 is 0 Å². The third kappa shape index (κ3) is 14.4. The van der Waals surface area contributed by atoms with Crippen molar-refractivity contribution in [2.45, 2.75) is 110 Å². The van der Waals surface area contributed by atoms with Crippen molar-refractivity contribution in [3.8, 4) is 0 Å². The summed E-state index contributed by atoms with van der Waals surface area (Å²) < 4.78 is 5.67. The fourth-order valence-electron chi connectivity index (χ4n) is 2.67. The molecule has 0 N–H and O–H groups in total. The molecule has 0 saturated heterocycles. The van der Waals surface area contributed by atoms with Crippen molar-refractivity contribution in [1.82, 2.24) is 0 Å². The summed E-state index contributed by atoms with van der Waals surface area (Å²) in [6, 6.07) is 0. The Bertz CT molecular complexity index is 161. The summed E-state index contributed by atoms with van der Waals surface area (Å²) >= 11 is 0. The van der Waals surface area contributed by atoms with Gasteiger partial charge in [-0.1, -0.05) is 90.9 Å². The van der Waals surface area contributed by atoms with Crippen LogP contribution in [-0.4, -0.2) is 16.6 Å². The third-order valence-electron chi connectivity index (χ3n) is 4.09. The van der Waals surface area contributed by atoms with E-state index in [0.29, 0.717) is 6.10 Å². The molecular weight excluding hydrogens is 248 g/mol. The lowest BCUT2D eigenvalue weighted by atomic mass is 10.0. The van der Waals surface area contributed by atoms with E-state index < -0.39 is 0 Å². The van der Waals surface area contributed by atoms with Crippen molar-refractivity contribution < 1.29 is 4.43 Å². The van der Waals surface area contributed by atoms with Gasteiger partial charge in [-0.05, 0) is 12.8 Å². The quantitative estimate of drug-likeness (QED) is 0.299. The number of rotatable bonds is 15. The van der Waals surface area contributed by atoms with Gasteiger partial charge < -0.3 is 4.43 Å². The van der Waals surface area contributed by atoms with Gasteiger partial charge in [0.1, 0.15) is 10.5 Å². The molecule has 1 nitrogen and oxygen atoms in total. The molecular formula is C17H38OSi. The molecule has 0 fully saturated rings. The minimum absolute atomic E-state index is 0.584. The van der Waals surface area contributed by atoms with Crippen LogP contribution in [0.25, 0.3) is 0 Å². The van der Waals surface area contributed by atoms with E-state index in [1.807, 2.05) is 0 Å². The van der Waals surface area contributed by atoms with Crippen LogP contribution in [-0.2, 0) is 4.43 Å². The van der Waals surface area contributed by atoms with E-state index in [1.54, 1.807) is 0 Å². The van der Waals surface area contributed by atoms with E-state index in [2.05, 4.69) is 13.8 Å². The summed E-state index contributed by atoms with van der Waals surface area (Å²) in [5, 5.41) is 0. The maximum Gasteiger partial charge on any atom is 0.146 e. The first-order valence-electron chi connectivity index (χ1n) is 8.87. The van der Waals surface area contributed by atoms with Crippen LogP contribution in [0.2, 0.25) is 0 Å². The van der Waals surface area contributed by atoms with Crippen LogP contribution in [0.15, 0.2) is 0 Å². The fraction of sp³-hybridized carbons (Fsp3) is 1.00. The van der Waals surface area contributed by atoms with Crippen LogP contribution in [0.4, 0.5) is 0 Å². The molecule has 0 amide bonds. The SMILES string of the molecule is CCCCCCCCCCCCC(CCCC)O[SiH3]. The number of hydrogen-bond acceptors (Lipinski definition) is 1. The van der Waals surface area contributed by atoms with Crippen LogP contribution >= 0.6 is 0 Å². The van der Waals surface area contributed by atoms with Gasteiger partial charge in [-0.15, -0.1) is 0 Å². The Morgan fingerprint density at radius 3 is 1.53 bits per heavy atom. The van der Waals surface area contributed by atoms with E-state index in [-0.39, 0.29) is 0 Å². The molecule has 1 unspecified atom stereocenters. The van der Waals surface area contributed by atoms with Crippen molar-refractivity contribution in [1.29, 1.82) is 0 Å². The molecule has 116 valence electrons. The van der Waals surface area contributed by atoms with Gasteiger partial charge in [0, 0.05) is 6.10 Å². The predicted octanol–water partition coefficient (Wildman–Crippen LogP) is 5.15. The smallest absolute Gasteiger partial charge is 0.146 e. The normalized spacial score (nSPS) is 12.9. The molecule has 0 bridgehead atoms. The van der Waals surface area contributed by atoms with E-state index in [0.717, 1.165) is 10.5 Å². The Kier molecular flexibility index (Phi) is 16.4. The zero-order valence-corrected chi connectivity index (χ0v) is 15.9. The topological polar surface area (TPSA) is 9.23 Å². The molecule has 0 spiro atoms. The maximum atomic E-state index is 5.67. The second-order valence-electron chi connectivity index (χ2n) is 5.97. The molecule has 0 aliphatic rings. The fourth-order valence-corrected chi connectivity index (χ4v) is 3.14. The maximum absolute atomic E-state index is 5.67. The standard InChI is InChI=1S/C17H38OSi/c1-3-5-7-8-9-10-11-12-13-14-16-17(18-19)15-6-4-2/h17H,3-16H2,1-2,19H3. The summed E-state index contributed by atoms with van der Waals surface area (Å²) in [4.78, 5) is 0. The second-order valence-corrected chi connectivity index (χ2v) is 6.44. The molecule has 19 heavy (non-hydrogen) atoms. The zero-order valence-electron chi connectivity index (χ0n) is 13.9. The zero-order chi connectivity index (χ0) is 14.2. The third-order valence-corrected chi connectivity index (χ3v) is 4.76. The molecule has 0 aromatic rings. The first kappa shape index (κ1) is 19.2. The molecule has 0 aromatic heterocycles. The Hall–Kier alpha value is 0.177. The largest absolute Gasteiger partial charge is 0.425 e. The Morgan fingerprint density at radius 1 is 0.632 bits per heavy atom. The van der Waals surface area contributed by atoms with Crippen molar-refractivity contribution in [3.63, 3.8) is 0 Å². The van der Waals surface area contributed by atoms with E-state index >= 15 is 0 Å². The highest BCUT2D eigenvalue weighted by Crippen LogP contribution is 2.15. The van der Waals surface area contributed by atoms with Crippen LogP contribution in [0, 0.1) is 0 Å². The second kappa shape index (κ2) is 16.2. The summed E-state index contributed by atoms with van der Waals surface area (Å²) in [5.74, 6) is 0. The molecule has 0 heterocycles. The van der Waals surface area contributed by atoms with Crippen LogP contribution in [0.5, 0.6) is 0 Å². The summed E-state index contributed by atoms with van der Waals surface area (Å²) in [6.45, 7) is 4.56. The van der Waals surface area contributed by atoms with E-state index in [1.165, 1.54) is 89.9 Å². The number of hydrogen-bond donors (Lipinski definition) is 0. The van der Waals surface area contributed by atoms with Crippen molar-refractivity contribution in [2.24, 2.45) is 0 Å². The van der Waals surface area contributed by atoms with Crippen molar-refractivity contribution in [3.05, 3.63) is 0 Å². The van der Waals surface area contributed by atoms with Gasteiger partial charge in [0.05, 0.1) is 0 Å². The van der Waals surface area contributed by atoms with Gasteiger partial charge in [-0.3, -0.25) is 0 Å². The monoisotopic (exact) mass is 286 g/mol. The molecule has 0 aliphatic heterocycles. The number of unbranched alkanes of at least 4 members (excludes halogenated alkanes) is 10. The Balaban J connectivity index is 3.16. The first-order chi connectivity index (χ1) is 9.35. The van der Waals surface area contributed by atoms with Gasteiger partial charge in [-0.25, -0.2) is 0 Å². The molecule has 0 saturated carbocycles. The van der Waals surface area contributed by atoms with Crippen LogP contribution in [0.3, 0.4) is 0 Å². The van der Waals surface area contributed by atoms with E-state index in [4.69, 9.17) is 4.43 Å². The average molecular weight is 287 g/mol.